The van der Waals surface area contributed by atoms with Crippen LogP contribution in [0.3, 0.4) is 0 Å². The number of urea groups is 1. The van der Waals surface area contributed by atoms with Crippen LogP contribution in [0.5, 0.6) is 0 Å². The molecular formula is C16H18BClN4O2. The summed E-state index contributed by atoms with van der Waals surface area (Å²) in [5, 5.41) is 9.25. The maximum atomic E-state index is 12.1. The number of morpholine rings is 1. The first-order valence-corrected chi connectivity index (χ1v) is 8.12. The zero-order chi connectivity index (χ0) is 16.9. The molecule has 0 aliphatic carbocycles. The number of carbonyl (C=O) groups is 1. The molecular weight excluding hydrogens is 326 g/mol. The highest BCUT2D eigenvalue weighted by Crippen LogP contribution is 2.19. The van der Waals surface area contributed by atoms with Gasteiger partial charge in [0.15, 0.2) is 0 Å². The molecule has 1 aromatic heterocycles. The Morgan fingerprint density at radius 3 is 2.88 bits per heavy atom. The van der Waals surface area contributed by atoms with Crippen LogP contribution in [0.25, 0.3) is 0 Å². The van der Waals surface area contributed by atoms with Crippen molar-refractivity contribution in [1.29, 1.82) is 0 Å². The second-order valence-corrected chi connectivity index (χ2v) is 5.97. The van der Waals surface area contributed by atoms with Gasteiger partial charge in [-0.25, -0.2) is 9.78 Å². The predicted molar refractivity (Wildman–Crippen MR) is 98.1 cm³/mol. The fourth-order valence-electron chi connectivity index (χ4n) is 2.54. The van der Waals surface area contributed by atoms with E-state index >= 15 is 0 Å². The fraction of sp³-hybridized carbons (Fsp3) is 0.250. The number of carbonyl (C=O) groups excluding carboxylic acids is 1. The summed E-state index contributed by atoms with van der Waals surface area (Å²) in [6.45, 7) is 2.40. The van der Waals surface area contributed by atoms with E-state index in [0.717, 1.165) is 29.8 Å². The van der Waals surface area contributed by atoms with E-state index in [1.54, 1.807) is 12.1 Å². The number of hydrogen-bond donors (Lipinski definition) is 3. The molecule has 6 nitrogen and oxygen atoms in total. The Hall–Kier alpha value is -2.09. The SMILES string of the molecule is Bc1cc([C@H]2CNCCO2)ccc1NC(=O)Nc1ccc(Cl)nc1. The van der Waals surface area contributed by atoms with Crippen LogP contribution in [-0.4, -0.2) is 38.6 Å². The summed E-state index contributed by atoms with van der Waals surface area (Å²) >= 11 is 5.72. The van der Waals surface area contributed by atoms with E-state index in [1.807, 2.05) is 26.0 Å². The van der Waals surface area contributed by atoms with Crippen molar-refractivity contribution in [1.82, 2.24) is 10.3 Å². The number of nitrogens with one attached hydrogen (secondary N) is 3. The number of amides is 2. The maximum Gasteiger partial charge on any atom is 0.323 e. The lowest BCUT2D eigenvalue weighted by atomic mass is 9.90. The van der Waals surface area contributed by atoms with Gasteiger partial charge < -0.3 is 20.7 Å². The molecule has 124 valence electrons. The Morgan fingerprint density at radius 2 is 2.21 bits per heavy atom. The number of aromatic nitrogens is 1. The molecule has 1 aromatic carbocycles. The highest BCUT2D eigenvalue weighted by molar-refractivity contribution is 6.36. The number of anilines is 2. The molecule has 3 N–H and O–H groups in total. The van der Waals surface area contributed by atoms with Crippen LogP contribution in [0.15, 0.2) is 36.5 Å². The Kier molecular flexibility index (Phi) is 5.35. The van der Waals surface area contributed by atoms with E-state index in [-0.39, 0.29) is 12.1 Å². The molecule has 24 heavy (non-hydrogen) atoms. The molecule has 1 fully saturated rings. The summed E-state index contributed by atoms with van der Waals surface area (Å²) in [6, 6.07) is 8.89. The Balaban J connectivity index is 1.64. The lowest BCUT2D eigenvalue weighted by Crippen LogP contribution is -2.33. The number of nitrogens with zero attached hydrogens (tertiary/aromatic N) is 1. The molecule has 2 heterocycles. The Morgan fingerprint density at radius 1 is 1.33 bits per heavy atom. The van der Waals surface area contributed by atoms with Gasteiger partial charge in [-0.2, -0.15) is 0 Å². The van der Waals surface area contributed by atoms with E-state index in [0.29, 0.717) is 17.4 Å². The average Bonchev–Trinajstić information content (AvgIpc) is 2.59. The smallest absolute Gasteiger partial charge is 0.323 e. The first-order chi connectivity index (χ1) is 11.6. The molecule has 0 unspecified atom stereocenters. The molecule has 0 spiro atoms. The number of pyridine rings is 1. The average molecular weight is 345 g/mol. The van der Waals surface area contributed by atoms with Gasteiger partial charge in [-0.15, -0.1) is 0 Å². The van der Waals surface area contributed by atoms with Gasteiger partial charge in [0.25, 0.3) is 0 Å². The molecule has 1 aliphatic rings. The van der Waals surface area contributed by atoms with Gasteiger partial charge >= 0.3 is 6.03 Å². The Labute approximate surface area is 146 Å². The summed E-state index contributed by atoms with van der Waals surface area (Å²) in [6.07, 6.45) is 1.56. The molecule has 2 aromatic rings. The third-order valence-electron chi connectivity index (χ3n) is 3.78. The lowest BCUT2D eigenvalue weighted by Gasteiger charge is -2.24. The normalized spacial score (nSPS) is 17.3. The quantitative estimate of drug-likeness (QED) is 0.579. The van der Waals surface area contributed by atoms with Crippen LogP contribution >= 0.6 is 11.6 Å². The van der Waals surface area contributed by atoms with Gasteiger partial charge in [0.1, 0.15) is 13.0 Å². The minimum atomic E-state index is -0.328. The van der Waals surface area contributed by atoms with Crippen LogP contribution in [0.1, 0.15) is 11.7 Å². The van der Waals surface area contributed by atoms with Crippen molar-refractivity contribution < 1.29 is 9.53 Å². The van der Waals surface area contributed by atoms with Crippen LogP contribution in [0, 0.1) is 0 Å². The summed E-state index contributed by atoms with van der Waals surface area (Å²) < 4.78 is 5.75. The number of halogens is 1. The third kappa shape index (κ3) is 4.26. The van der Waals surface area contributed by atoms with Crippen molar-refractivity contribution in [3.63, 3.8) is 0 Å². The maximum absolute atomic E-state index is 12.1. The lowest BCUT2D eigenvalue weighted by molar-refractivity contribution is 0.0277. The topological polar surface area (TPSA) is 75.3 Å². The highest BCUT2D eigenvalue weighted by Gasteiger charge is 2.16. The van der Waals surface area contributed by atoms with E-state index in [2.05, 4.69) is 20.9 Å². The molecule has 0 bridgehead atoms. The summed E-state index contributed by atoms with van der Waals surface area (Å²) in [5.41, 5.74) is 3.41. The summed E-state index contributed by atoms with van der Waals surface area (Å²) in [5.74, 6) is 0. The molecule has 3 rings (SSSR count). The van der Waals surface area contributed by atoms with Crippen molar-refractivity contribution in [2.24, 2.45) is 0 Å². The molecule has 2 amide bonds. The van der Waals surface area contributed by atoms with Crippen LogP contribution < -0.4 is 21.4 Å². The van der Waals surface area contributed by atoms with Crippen LogP contribution in [-0.2, 0) is 4.74 Å². The number of ether oxygens (including phenoxy) is 1. The third-order valence-corrected chi connectivity index (χ3v) is 4.01. The number of benzene rings is 1. The minimum Gasteiger partial charge on any atom is -0.371 e. The number of hydrogen-bond acceptors (Lipinski definition) is 4. The van der Waals surface area contributed by atoms with Crippen molar-refractivity contribution >= 4 is 42.3 Å². The van der Waals surface area contributed by atoms with Gasteiger partial charge in [0.05, 0.1) is 24.6 Å². The highest BCUT2D eigenvalue weighted by atomic mass is 35.5. The van der Waals surface area contributed by atoms with Gasteiger partial charge in [0.2, 0.25) is 0 Å². The van der Waals surface area contributed by atoms with E-state index < -0.39 is 0 Å². The van der Waals surface area contributed by atoms with Crippen molar-refractivity contribution in [2.45, 2.75) is 6.10 Å². The van der Waals surface area contributed by atoms with E-state index in [9.17, 15) is 4.79 Å². The van der Waals surface area contributed by atoms with E-state index in [4.69, 9.17) is 16.3 Å². The first kappa shape index (κ1) is 16.8. The van der Waals surface area contributed by atoms with Gasteiger partial charge in [-0.05, 0) is 23.8 Å². The zero-order valence-corrected chi connectivity index (χ0v) is 14.1. The van der Waals surface area contributed by atoms with E-state index in [1.165, 1.54) is 6.20 Å². The molecule has 1 atom stereocenters. The van der Waals surface area contributed by atoms with Crippen molar-refractivity contribution in [2.75, 3.05) is 30.3 Å². The monoisotopic (exact) mass is 344 g/mol. The fourth-order valence-corrected chi connectivity index (χ4v) is 2.65. The number of rotatable bonds is 3. The first-order valence-electron chi connectivity index (χ1n) is 7.74. The van der Waals surface area contributed by atoms with Gasteiger partial charge in [-0.1, -0.05) is 29.2 Å². The molecule has 8 heteroatoms. The summed E-state index contributed by atoms with van der Waals surface area (Å²) in [4.78, 5) is 16.0. The Bertz CT molecular complexity index is 721. The van der Waals surface area contributed by atoms with Crippen LogP contribution in [0.2, 0.25) is 5.15 Å². The second-order valence-electron chi connectivity index (χ2n) is 5.59. The molecule has 0 saturated carbocycles. The largest absolute Gasteiger partial charge is 0.371 e. The van der Waals surface area contributed by atoms with Gasteiger partial charge in [0, 0.05) is 18.8 Å². The zero-order valence-electron chi connectivity index (χ0n) is 13.3. The molecule has 1 saturated heterocycles. The molecule has 1 aliphatic heterocycles. The van der Waals surface area contributed by atoms with Crippen molar-refractivity contribution in [3.05, 3.63) is 47.2 Å². The standard InChI is InChI=1S/C16H18BClN4O2/c17-12-7-10(14-9-19-5-6-24-14)1-3-13(12)22-16(23)21-11-2-4-15(18)20-8-11/h1-4,7-8,14,19H,5-6,9,17H2,(H2,21,22,23)/t14-/m1/s1. The molecule has 0 radical (unpaired) electrons. The minimum absolute atomic E-state index is 0.0560. The summed E-state index contributed by atoms with van der Waals surface area (Å²) in [7, 11) is 1.96. The van der Waals surface area contributed by atoms with Crippen LogP contribution in [0.4, 0.5) is 16.2 Å². The predicted octanol–water partition coefficient (Wildman–Crippen LogP) is 1.30. The second kappa shape index (κ2) is 7.66. The van der Waals surface area contributed by atoms with Gasteiger partial charge in [-0.3, -0.25) is 0 Å². The van der Waals surface area contributed by atoms with Crippen molar-refractivity contribution in [3.8, 4) is 0 Å².